The lowest BCUT2D eigenvalue weighted by Gasteiger charge is -2.35. The summed E-state index contributed by atoms with van der Waals surface area (Å²) in [5.74, 6) is 0. The summed E-state index contributed by atoms with van der Waals surface area (Å²) in [6.07, 6.45) is 0. The van der Waals surface area contributed by atoms with Gasteiger partial charge >= 0.3 is 0 Å². The van der Waals surface area contributed by atoms with E-state index in [1.54, 1.807) is 0 Å². The summed E-state index contributed by atoms with van der Waals surface area (Å²) in [7, 11) is 0. The minimum Gasteiger partial charge on any atom is -0.395 e. The highest BCUT2D eigenvalue weighted by atomic mass is 16.3. The van der Waals surface area contributed by atoms with E-state index >= 15 is 0 Å². The zero-order valence-corrected chi connectivity index (χ0v) is 10.2. The number of nitrogens with two attached hydrogens (primary N) is 1. The lowest BCUT2D eigenvalue weighted by molar-refractivity contribution is 0.189. The molecule has 1 saturated heterocycles. The monoisotopic (exact) mass is 235 g/mol. The van der Waals surface area contributed by atoms with Crippen LogP contribution >= 0.6 is 0 Å². The number of piperazine rings is 1. The predicted molar refractivity (Wildman–Crippen MR) is 70.1 cm³/mol. The Labute approximate surface area is 103 Å². The molecule has 0 unspecified atom stereocenters. The second kappa shape index (κ2) is 6.00. The molecule has 0 atom stereocenters. The van der Waals surface area contributed by atoms with Crippen LogP contribution in [0, 0.1) is 0 Å². The minimum absolute atomic E-state index is 0.253. The molecule has 0 amide bonds. The van der Waals surface area contributed by atoms with Crippen LogP contribution in [0.15, 0.2) is 24.3 Å². The van der Waals surface area contributed by atoms with Crippen LogP contribution in [0.1, 0.15) is 5.56 Å². The van der Waals surface area contributed by atoms with E-state index in [4.69, 9.17) is 10.8 Å². The molecular weight excluding hydrogens is 214 g/mol. The molecular formula is C13H21N3O. The Morgan fingerprint density at radius 1 is 1.18 bits per heavy atom. The van der Waals surface area contributed by atoms with Gasteiger partial charge in [0.2, 0.25) is 0 Å². The van der Waals surface area contributed by atoms with Crippen LogP contribution < -0.4 is 10.6 Å². The predicted octanol–water partition coefficient (Wildman–Crippen LogP) is 0.260. The molecule has 0 spiro atoms. The molecule has 0 aliphatic carbocycles. The van der Waals surface area contributed by atoms with Crippen molar-refractivity contribution in [3.05, 3.63) is 29.8 Å². The van der Waals surface area contributed by atoms with Gasteiger partial charge in [0.1, 0.15) is 0 Å². The molecule has 0 aromatic heterocycles. The van der Waals surface area contributed by atoms with Crippen LogP contribution in [0.2, 0.25) is 0 Å². The first kappa shape index (κ1) is 12.4. The highest BCUT2D eigenvalue weighted by Crippen LogP contribution is 2.17. The first-order valence-electron chi connectivity index (χ1n) is 6.20. The fraction of sp³-hybridized carbons (Fsp3) is 0.538. The fourth-order valence-corrected chi connectivity index (χ4v) is 2.25. The molecule has 1 aliphatic heterocycles. The van der Waals surface area contributed by atoms with E-state index in [2.05, 4.69) is 34.1 Å². The average molecular weight is 235 g/mol. The standard InChI is InChI=1S/C13H21N3O/c14-11-12-2-1-3-13(10-12)16-6-4-15(5-7-16)8-9-17/h1-3,10,17H,4-9,11,14H2. The van der Waals surface area contributed by atoms with Crippen molar-refractivity contribution in [1.29, 1.82) is 0 Å². The molecule has 4 nitrogen and oxygen atoms in total. The number of β-amino-alcohol motifs (C(OH)–C–C–N with tert-alkyl or cyclic N) is 1. The molecule has 4 heteroatoms. The lowest BCUT2D eigenvalue weighted by Crippen LogP contribution is -2.47. The average Bonchev–Trinajstić information content (AvgIpc) is 2.40. The van der Waals surface area contributed by atoms with Gasteiger partial charge < -0.3 is 15.7 Å². The molecule has 3 N–H and O–H groups in total. The van der Waals surface area contributed by atoms with Gasteiger partial charge in [0.05, 0.1) is 6.61 Å². The molecule has 2 rings (SSSR count). The number of hydrogen-bond donors (Lipinski definition) is 2. The van der Waals surface area contributed by atoms with E-state index < -0.39 is 0 Å². The van der Waals surface area contributed by atoms with Crippen molar-refractivity contribution < 1.29 is 5.11 Å². The van der Waals surface area contributed by atoms with Gasteiger partial charge in [0.15, 0.2) is 0 Å². The summed E-state index contributed by atoms with van der Waals surface area (Å²) in [6.45, 7) is 5.72. The van der Waals surface area contributed by atoms with Crippen molar-refractivity contribution in [3.8, 4) is 0 Å². The summed E-state index contributed by atoms with van der Waals surface area (Å²) in [5, 5.41) is 8.90. The van der Waals surface area contributed by atoms with Crippen LogP contribution in [0.3, 0.4) is 0 Å². The van der Waals surface area contributed by atoms with Crippen molar-refractivity contribution in [3.63, 3.8) is 0 Å². The highest BCUT2D eigenvalue weighted by molar-refractivity contribution is 5.49. The van der Waals surface area contributed by atoms with E-state index in [1.807, 2.05) is 0 Å². The number of rotatable bonds is 4. The Morgan fingerprint density at radius 2 is 1.94 bits per heavy atom. The van der Waals surface area contributed by atoms with E-state index in [0.717, 1.165) is 32.7 Å². The number of aliphatic hydroxyl groups is 1. The van der Waals surface area contributed by atoms with Crippen LogP contribution in [0.25, 0.3) is 0 Å². The summed E-state index contributed by atoms with van der Waals surface area (Å²) in [6, 6.07) is 8.44. The Bertz CT molecular complexity index is 348. The van der Waals surface area contributed by atoms with Gasteiger partial charge in [-0.1, -0.05) is 12.1 Å². The summed E-state index contributed by atoms with van der Waals surface area (Å²) in [4.78, 5) is 4.68. The van der Waals surface area contributed by atoms with Gasteiger partial charge in [-0.05, 0) is 17.7 Å². The van der Waals surface area contributed by atoms with Crippen molar-refractivity contribution >= 4 is 5.69 Å². The third kappa shape index (κ3) is 3.19. The van der Waals surface area contributed by atoms with Gasteiger partial charge in [-0.25, -0.2) is 0 Å². The maximum absolute atomic E-state index is 8.90. The fourth-order valence-electron chi connectivity index (χ4n) is 2.25. The molecule has 1 aromatic carbocycles. The van der Waals surface area contributed by atoms with E-state index in [-0.39, 0.29) is 6.61 Å². The molecule has 94 valence electrons. The van der Waals surface area contributed by atoms with E-state index in [0.29, 0.717) is 6.54 Å². The Morgan fingerprint density at radius 3 is 2.59 bits per heavy atom. The Kier molecular flexibility index (Phi) is 4.36. The summed E-state index contributed by atoms with van der Waals surface area (Å²) in [5.41, 5.74) is 8.10. The molecule has 1 aliphatic rings. The summed E-state index contributed by atoms with van der Waals surface area (Å²) >= 11 is 0. The number of nitrogens with zero attached hydrogens (tertiary/aromatic N) is 2. The van der Waals surface area contributed by atoms with Crippen molar-refractivity contribution in [1.82, 2.24) is 4.90 Å². The smallest absolute Gasteiger partial charge is 0.0558 e. The lowest BCUT2D eigenvalue weighted by atomic mass is 10.1. The maximum atomic E-state index is 8.90. The molecule has 0 bridgehead atoms. The first-order valence-corrected chi connectivity index (χ1v) is 6.20. The minimum atomic E-state index is 0.253. The van der Waals surface area contributed by atoms with Crippen molar-refractivity contribution in [2.24, 2.45) is 5.73 Å². The van der Waals surface area contributed by atoms with Gasteiger partial charge in [-0.15, -0.1) is 0 Å². The molecule has 1 aromatic rings. The zero-order chi connectivity index (χ0) is 12.1. The summed E-state index contributed by atoms with van der Waals surface area (Å²) < 4.78 is 0. The second-order valence-electron chi connectivity index (χ2n) is 4.43. The van der Waals surface area contributed by atoms with Crippen LogP contribution in [-0.2, 0) is 6.54 Å². The topological polar surface area (TPSA) is 52.7 Å². The maximum Gasteiger partial charge on any atom is 0.0558 e. The molecule has 0 radical (unpaired) electrons. The SMILES string of the molecule is NCc1cccc(N2CCN(CCO)CC2)c1. The first-order chi connectivity index (χ1) is 8.33. The molecule has 17 heavy (non-hydrogen) atoms. The van der Waals surface area contributed by atoms with E-state index in [1.165, 1.54) is 11.3 Å². The van der Waals surface area contributed by atoms with Crippen molar-refractivity contribution in [2.75, 3.05) is 44.2 Å². The van der Waals surface area contributed by atoms with Crippen LogP contribution in [-0.4, -0.2) is 49.3 Å². The molecule has 1 fully saturated rings. The third-order valence-electron chi connectivity index (χ3n) is 3.30. The normalized spacial score (nSPS) is 17.4. The van der Waals surface area contributed by atoms with Crippen LogP contribution in [0.5, 0.6) is 0 Å². The van der Waals surface area contributed by atoms with Gasteiger partial charge in [0, 0.05) is 45.0 Å². The quantitative estimate of drug-likeness (QED) is 0.786. The van der Waals surface area contributed by atoms with Crippen LogP contribution in [0.4, 0.5) is 5.69 Å². The van der Waals surface area contributed by atoms with Gasteiger partial charge in [0.25, 0.3) is 0 Å². The van der Waals surface area contributed by atoms with Gasteiger partial charge in [-0.2, -0.15) is 0 Å². The number of aliphatic hydroxyl groups excluding tert-OH is 1. The number of anilines is 1. The second-order valence-corrected chi connectivity index (χ2v) is 4.43. The van der Waals surface area contributed by atoms with E-state index in [9.17, 15) is 0 Å². The number of benzene rings is 1. The zero-order valence-electron chi connectivity index (χ0n) is 10.2. The number of hydrogen-bond acceptors (Lipinski definition) is 4. The Balaban J connectivity index is 1.95. The largest absolute Gasteiger partial charge is 0.395 e. The van der Waals surface area contributed by atoms with Gasteiger partial charge in [-0.3, -0.25) is 4.90 Å². The molecule has 1 heterocycles. The van der Waals surface area contributed by atoms with Crippen molar-refractivity contribution in [2.45, 2.75) is 6.54 Å². The highest BCUT2D eigenvalue weighted by Gasteiger charge is 2.16. The third-order valence-corrected chi connectivity index (χ3v) is 3.30. The Hall–Kier alpha value is -1.10. The molecule has 0 saturated carbocycles.